The number of amides is 1. The first kappa shape index (κ1) is 13.3. The van der Waals surface area contributed by atoms with E-state index in [2.05, 4.69) is 0 Å². The van der Waals surface area contributed by atoms with Crippen molar-refractivity contribution in [3.8, 4) is 0 Å². The lowest BCUT2D eigenvalue weighted by Gasteiger charge is -2.11. The molecular weight excluding hydrogens is 296 g/mol. The third-order valence-electron chi connectivity index (χ3n) is 3.11. The van der Waals surface area contributed by atoms with Crippen molar-refractivity contribution < 1.29 is 9.72 Å². The van der Waals surface area contributed by atoms with E-state index in [1.165, 1.54) is 23.9 Å². The number of nitro benzene ring substituents is 1. The minimum absolute atomic E-state index is 0.0106. The maximum absolute atomic E-state index is 12.2. The SMILES string of the molecule is O=C1/C(=C/c2cccc([N+](=O)[O-])c2)SC(=S)N1C1CC1. The lowest BCUT2D eigenvalue weighted by Crippen LogP contribution is -2.30. The Labute approximate surface area is 124 Å². The molecule has 1 heterocycles. The summed E-state index contributed by atoms with van der Waals surface area (Å²) in [6.07, 6.45) is 3.65. The van der Waals surface area contributed by atoms with Gasteiger partial charge in [0, 0.05) is 18.2 Å². The van der Waals surface area contributed by atoms with Crippen LogP contribution in [0, 0.1) is 10.1 Å². The Morgan fingerprint density at radius 3 is 2.85 bits per heavy atom. The number of nitrogens with zero attached hydrogens (tertiary/aromatic N) is 2. The molecule has 1 saturated heterocycles. The summed E-state index contributed by atoms with van der Waals surface area (Å²) < 4.78 is 0.578. The molecule has 5 nitrogen and oxygen atoms in total. The number of hydrogen-bond acceptors (Lipinski definition) is 5. The molecule has 102 valence electrons. The topological polar surface area (TPSA) is 63.4 Å². The van der Waals surface area contributed by atoms with Crippen LogP contribution in [0.4, 0.5) is 5.69 Å². The summed E-state index contributed by atoms with van der Waals surface area (Å²) in [6, 6.07) is 6.46. The van der Waals surface area contributed by atoms with E-state index < -0.39 is 4.92 Å². The smallest absolute Gasteiger partial charge is 0.270 e. The second-order valence-electron chi connectivity index (χ2n) is 4.63. The van der Waals surface area contributed by atoms with Gasteiger partial charge in [-0.1, -0.05) is 36.1 Å². The molecule has 1 aliphatic carbocycles. The van der Waals surface area contributed by atoms with Crippen LogP contribution in [0.5, 0.6) is 0 Å². The van der Waals surface area contributed by atoms with Crippen molar-refractivity contribution in [2.75, 3.05) is 0 Å². The molecule has 1 aromatic carbocycles. The normalized spacial score (nSPS) is 20.8. The zero-order valence-electron chi connectivity index (χ0n) is 10.3. The summed E-state index contributed by atoms with van der Waals surface area (Å²) in [5.74, 6) is -0.0889. The zero-order valence-corrected chi connectivity index (χ0v) is 11.9. The highest BCUT2D eigenvalue weighted by Crippen LogP contribution is 2.40. The standard InChI is InChI=1S/C13H10N2O3S2/c16-12-11(20-13(19)14(12)9-4-5-9)7-8-2-1-3-10(6-8)15(17)18/h1-3,6-7,9H,4-5H2/b11-7-. The fourth-order valence-electron chi connectivity index (χ4n) is 2.01. The largest absolute Gasteiger partial charge is 0.290 e. The van der Waals surface area contributed by atoms with Crippen LogP contribution >= 0.6 is 24.0 Å². The van der Waals surface area contributed by atoms with Gasteiger partial charge >= 0.3 is 0 Å². The summed E-state index contributed by atoms with van der Waals surface area (Å²) in [6.45, 7) is 0. The minimum atomic E-state index is -0.452. The number of hydrogen-bond donors (Lipinski definition) is 0. The second-order valence-corrected chi connectivity index (χ2v) is 6.31. The van der Waals surface area contributed by atoms with E-state index in [4.69, 9.17) is 12.2 Å². The van der Waals surface area contributed by atoms with Crippen molar-refractivity contribution in [3.05, 3.63) is 44.8 Å². The van der Waals surface area contributed by atoms with Crippen molar-refractivity contribution in [3.63, 3.8) is 0 Å². The van der Waals surface area contributed by atoms with E-state index in [1.54, 1.807) is 23.1 Å². The van der Waals surface area contributed by atoms with Crippen LogP contribution in [-0.2, 0) is 4.79 Å². The molecule has 20 heavy (non-hydrogen) atoms. The Bertz CT molecular complexity index is 653. The molecule has 1 aliphatic heterocycles. The summed E-state index contributed by atoms with van der Waals surface area (Å²) in [7, 11) is 0. The number of nitro groups is 1. The predicted octanol–water partition coefficient (Wildman–Crippen LogP) is 2.96. The van der Waals surface area contributed by atoms with Crippen molar-refractivity contribution in [1.29, 1.82) is 0 Å². The molecule has 0 bridgehead atoms. The number of carbonyl (C=O) groups is 1. The van der Waals surface area contributed by atoms with Crippen molar-refractivity contribution in [2.24, 2.45) is 0 Å². The molecular formula is C13H10N2O3S2. The van der Waals surface area contributed by atoms with E-state index in [0.29, 0.717) is 14.8 Å². The van der Waals surface area contributed by atoms with Crippen LogP contribution in [0.1, 0.15) is 18.4 Å². The summed E-state index contributed by atoms with van der Waals surface area (Å²) >= 11 is 6.47. The average Bonchev–Trinajstić information content (AvgIpc) is 3.19. The second kappa shape index (κ2) is 4.99. The lowest BCUT2D eigenvalue weighted by atomic mass is 10.2. The van der Waals surface area contributed by atoms with Gasteiger partial charge in [0.05, 0.1) is 9.83 Å². The van der Waals surface area contributed by atoms with Gasteiger partial charge in [0.2, 0.25) is 0 Å². The molecule has 2 fully saturated rings. The molecule has 3 rings (SSSR count). The Balaban J connectivity index is 1.89. The highest BCUT2D eigenvalue weighted by molar-refractivity contribution is 8.26. The van der Waals surface area contributed by atoms with Gasteiger partial charge in [-0.2, -0.15) is 0 Å². The molecule has 0 unspecified atom stereocenters. The molecule has 1 saturated carbocycles. The molecule has 2 aliphatic rings. The molecule has 0 aromatic heterocycles. The third kappa shape index (κ3) is 2.46. The van der Waals surface area contributed by atoms with Crippen molar-refractivity contribution >= 4 is 46.0 Å². The summed E-state index contributed by atoms with van der Waals surface area (Å²) in [4.78, 5) is 24.7. The fraction of sp³-hybridized carbons (Fsp3) is 0.231. The molecule has 0 N–H and O–H groups in total. The Kier molecular flexibility index (Phi) is 3.31. The molecule has 1 aromatic rings. The monoisotopic (exact) mass is 306 g/mol. The van der Waals surface area contributed by atoms with Crippen LogP contribution in [0.3, 0.4) is 0 Å². The number of thiocarbonyl (C=S) groups is 1. The summed E-state index contributed by atoms with van der Waals surface area (Å²) in [5.41, 5.74) is 0.645. The van der Waals surface area contributed by atoms with Gasteiger partial charge < -0.3 is 0 Å². The first-order chi connectivity index (χ1) is 9.56. The third-order valence-corrected chi connectivity index (χ3v) is 4.44. The number of carbonyl (C=O) groups excluding carboxylic acids is 1. The maximum Gasteiger partial charge on any atom is 0.270 e. The number of thioether (sulfide) groups is 1. The van der Waals surface area contributed by atoms with Gasteiger partial charge in [0.15, 0.2) is 0 Å². The molecule has 1 amide bonds. The molecule has 7 heteroatoms. The van der Waals surface area contributed by atoms with E-state index >= 15 is 0 Å². The van der Waals surface area contributed by atoms with Crippen LogP contribution in [0.15, 0.2) is 29.2 Å². The van der Waals surface area contributed by atoms with Gasteiger partial charge in [-0.05, 0) is 24.5 Å². The van der Waals surface area contributed by atoms with E-state index in [0.717, 1.165) is 12.8 Å². The van der Waals surface area contributed by atoms with E-state index in [9.17, 15) is 14.9 Å². The molecule has 0 spiro atoms. The zero-order chi connectivity index (χ0) is 14.3. The van der Waals surface area contributed by atoms with Gasteiger partial charge in [0.25, 0.3) is 11.6 Å². The van der Waals surface area contributed by atoms with Gasteiger partial charge in [0.1, 0.15) is 4.32 Å². The molecule has 0 radical (unpaired) electrons. The highest BCUT2D eigenvalue weighted by Gasteiger charge is 2.41. The number of benzene rings is 1. The van der Waals surface area contributed by atoms with Crippen LogP contribution in [-0.4, -0.2) is 26.1 Å². The van der Waals surface area contributed by atoms with Crippen molar-refractivity contribution in [2.45, 2.75) is 18.9 Å². The fourth-order valence-corrected chi connectivity index (χ4v) is 3.41. The average molecular weight is 306 g/mol. The first-order valence-electron chi connectivity index (χ1n) is 6.08. The van der Waals surface area contributed by atoms with Crippen LogP contribution in [0.2, 0.25) is 0 Å². The van der Waals surface area contributed by atoms with Gasteiger partial charge in [-0.3, -0.25) is 19.8 Å². The molecule has 0 atom stereocenters. The van der Waals surface area contributed by atoms with Gasteiger partial charge in [-0.25, -0.2) is 0 Å². The Morgan fingerprint density at radius 1 is 1.45 bits per heavy atom. The van der Waals surface area contributed by atoms with Crippen LogP contribution < -0.4 is 0 Å². The van der Waals surface area contributed by atoms with E-state index in [-0.39, 0.29) is 17.6 Å². The number of rotatable bonds is 3. The quantitative estimate of drug-likeness (QED) is 0.372. The Morgan fingerprint density at radius 2 is 2.20 bits per heavy atom. The maximum atomic E-state index is 12.2. The van der Waals surface area contributed by atoms with Gasteiger partial charge in [-0.15, -0.1) is 0 Å². The van der Waals surface area contributed by atoms with Crippen LogP contribution in [0.25, 0.3) is 6.08 Å². The lowest BCUT2D eigenvalue weighted by molar-refractivity contribution is -0.384. The minimum Gasteiger partial charge on any atom is -0.290 e. The van der Waals surface area contributed by atoms with E-state index in [1.807, 2.05) is 0 Å². The number of non-ortho nitro benzene ring substituents is 1. The predicted molar refractivity (Wildman–Crippen MR) is 81.1 cm³/mol. The highest BCUT2D eigenvalue weighted by atomic mass is 32.2. The Hall–Kier alpha value is -1.73. The summed E-state index contributed by atoms with van der Waals surface area (Å²) in [5, 5.41) is 10.7. The first-order valence-corrected chi connectivity index (χ1v) is 7.30. The van der Waals surface area contributed by atoms with Crippen molar-refractivity contribution in [1.82, 2.24) is 4.90 Å².